The van der Waals surface area contributed by atoms with Gasteiger partial charge in [0.2, 0.25) is 0 Å². The molecule has 2 aliphatic rings. The number of amides is 2. The van der Waals surface area contributed by atoms with Crippen molar-refractivity contribution in [3.8, 4) is 0 Å². The van der Waals surface area contributed by atoms with Crippen LogP contribution in [0.4, 0.5) is 10.5 Å². The zero-order valence-electron chi connectivity index (χ0n) is 13.4. The molecule has 0 aliphatic carbocycles. The number of anilines is 1. The number of nitrogens with zero attached hydrogens (tertiary/aromatic N) is 2. The van der Waals surface area contributed by atoms with E-state index in [9.17, 15) is 4.79 Å². The molecular weight excluding hydrogens is 322 g/mol. The molecule has 0 aromatic heterocycles. The SMILES string of the molecule is O=C(Nc1ccccc1)N1C[C@@H]2CN(Cc3ccc(Cl)cc3)[C@@H]2C1. The lowest BCUT2D eigenvalue weighted by atomic mass is 9.91. The molecule has 2 aliphatic heterocycles. The van der Waals surface area contributed by atoms with E-state index in [2.05, 4.69) is 22.3 Å². The molecule has 2 atom stereocenters. The third kappa shape index (κ3) is 3.12. The normalized spacial score (nSPS) is 22.8. The molecular formula is C19H20ClN3O. The smallest absolute Gasteiger partial charge is 0.321 e. The van der Waals surface area contributed by atoms with Gasteiger partial charge in [0.25, 0.3) is 0 Å². The van der Waals surface area contributed by atoms with Crippen molar-refractivity contribution in [3.05, 3.63) is 65.2 Å². The van der Waals surface area contributed by atoms with Gasteiger partial charge in [0.15, 0.2) is 0 Å². The number of fused-ring (bicyclic) bond motifs is 1. The van der Waals surface area contributed by atoms with E-state index >= 15 is 0 Å². The number of benzene rings is 2. The van der Waals surface area contributed by atoms with Crippen molar-refractivity contribution in [3.63, 3.8) is 0 Å². The van der Waals surface area contributed by atoms with Gasteiger partial charge < -0.3 is 10.2 Å². The van der Waals surface area contributed by atoms with E-state index in [1.54, 1.807) is 0 Å². The largest absolute Gasteiger partial charge is 0.323 e. The number of carbonyl (C=O) groups excluding carboxylic acids is 1. The van der Waals surface area contributed by atoms with Gasteiger partial charge in [-0.05, 0) is 29.8 Å². The Morgan fingerprint density at radius 1 is 1.04 bits per heavy atom. The van der Waals surface area contributed by atoms with Gasteiger partial charge in [-0.15, -0.1) is 0 Å². The number of hydrogen-bond donors (Lipinski definition) is 1. The molecule has 0 radical (unpaired) electrons. The number of para-hydroxylation sites is 1. The molecule has 124 valence electrons. The van der Waals surface area contributed by atoms with Crippen LogP contribution in [0.25, 0.3) is 0 Å². The fourth-order valence-electron chi connectivity index (χ4n) is 3.64. The van der Waals surface area contributed by atoms with Crippen LogP contribution in [-0.2, 0) is 6.54 Å². The molecule has 4 rings (SSSR count). The van der Waals surface area contributed by atoms with Crippen LogP contribution in [-0.4, -0.2) is 41.5 Å². The number of carbonyl (C=O) groups is 1. The summed E-state index contributed by atoms with van der Waals surface area (Å²) in [5, 5.41) is 3.75. The van der Waals surface area contributed by atoms with Gasteiger partial charge in [0.1, 0.15) is 0 Å². The first-order chi connectivity index (χ1) is 11.7. The zero-order valence-corrected chi connectivity index (χ0v) is 14.1. The van der Waals surface area contributed by atoms with Crippen LogP contribution in [0.5, 0.6) is 0 Å². The molecule has 1 N–H and O–H groups in total. The second-order valence-corrected chi connectivity index (χ2v) is 7.02. The van der Waals surface area contributed by atoms with Crippen LogP contribution < -0.4 is 5.32 Å². The standard InChI is InChI=1S/C19H20ClN3O/c20-16-8-6-14(7-9-16)10-22-11-15-12-23(13-18(15)22)19(24)21-17-4-2-1-3-5-17/h1-9,15,18H,10-13H2,(H,21,24)/t15-,18+/m0/s1. The predicted molar refractivity (Wildman–Crippen MR) is 96.2 cm³/mol. The van der Waals surface area contributed by atoms with E-state index in [0.29, 0.717) is 12.0 Å². The number of likely N-dealkylation sites (tertiary alicyclic amines) is 2. The highest BCUT2D eigenvalue weighted by molar-refractivity contribution is 6.30. The van der Waals surface area contributed by atoms with Gasteiger partial charge in [-0.25, -0.2) is 4.79 Å². The number of halogens is 1. The van der Waals surface area contributed by atoms with Crippen molar-refractivity contribution in [2.24, 2.45) is 5.92 Å². The van der Waals surface area contributed by atoms with Gasteiger partial charge in [-0.3, -0.25) is 4.90 Å². The highest BCUT2D eigenvalue weighted by Gasteiger charge is 2.46. The van der Waals surface area contributed by atoms with Gasteiger partial charge in [0, 0.05) is 48.8 Å². The Bertz CT molecular complexity index is 719. The molecule has 4 nitrogen and oxygen atoms in total. The maximum atomic E-state index is 12.4. The maximum Gasteiger partial charge on any atom is 0.321 e. The number of hydrogen-bond acceptors (Lipinski definition) is 2. The molecule has 2 heterocycles. The molecule has 0 saturated carbocycles. The second-order valence-electron chi connectivity index (χ2n) is 6.58. The van der Waals surface area contributed by atoms with Crippen molar-refractivity contribution in [2.75, 3.05) is 25.0 Å². The summed E-state index contributed by atoms with van der Waals surface area (Å²) in [6.45, 7) is 3.63. The lowest BCUT2D eigenvalue weighted by Gasteiger charge is -2.43. The Hall–Kier alpha value is -2.04. The van der Waals surface area contributed by atoms with Crippen LogP contribution >= 0.6 is 11.6 Å². The first kappa shape index (κ1) is 15.5. The van der Waals surface area contributed by atoms with Gasteiger partial charge in [-0.2, -0.15) is 0 Å². The first-order valence-electron chi connectivity index (χ1n) is 8.28. The van der Waals surface area contributed by atoms with E-state index in [1.165, 1.54) is 5.56 Å². The molecule has 2 amide bonds. The summed E-state index contributed by atoms with van der Waals surface area (Å²) in [7, 11) is 0. The Kier molecular flexibility index (Phi) is 4.17. The lowest BCUT2D eigenvalue weighted by Crippen LogP contribution is -2.54. The highest BCUT2D eigenvalue weighted by atomic mass is 35.5. The molecule has 2 fully saturated rings. The number of nitrogens with one attached hydrogen (secondary N) is 1. The molecule has 2 saturated heterocycles. The second kappa shape index (κ2) is 6.46. The van der Waals surface area contributed by atoms with Crippen molar-refractivity contribution >= 4 is 23.3 Å². The zero-order chi connectivity index (χ0) is 16.5. The van der Waals surface area contributed by atoms with Crippen LogP contribution in [0.1, 0.15) is 5.56 Å². The van der Waals surface area contributed by atoms with Gasteiger partial charge >= 0.3 is 6.03 Å². The average molecular weight is 342 g/mol. The first-order valence-corrected chi connectivity index (χ1v) is 8.66. The minimum atomic E-state index is 0.00189. The van der Waals surface area contributed by atoms with Crippen molar-refractivity contribution in [1.29, 1.82) is 0 Å². The predicted octanol–water partition coefficient (Wildman–Crippen LogP) is 3.69. The topological polar surface area (TPSA) is 35.6 Å². The van der Waals surface area contributed by atoms with E-state index in [-0.39, 0.29) is 6.03 Å². The van der Waals surface area contributed by atoms with E-state index in [4.69, 9.17) is 11.6 Å². The van der Waals surface area contributed by atoms with Gasteiger partial charge in [0.05, 0.1) is 0 Å². The molecule has 0 bridgehead atoms. The van der Waals surface area contributed by atoms with Crippen LogP contribution in [0.3, 0.4) is 0 Å². The summed E-state index contributed by atoms with van der Waals surface area (Å²) in [5.74, 6) is 0.596. The molecule has 0 unspecified atom stereocenters. The monoisotopic (exact) mass is 341 g/mol. The summed E-state index contributed by atoms with van der Waals surface area (Å²) in [6, 6.07) is 18.1. The molecule has 0 spiro atoms. The van der Waals surface area contributed by atoms with Crippen LogP contribution in [0.2, 0.25) is 5.02 Å². The summed E-state index contributed by atoms with van der Waals surface area (Å²) < 4.78 is 0. The molecule has 24 heavy (non-hydrogen) atoms. The number of rotatable bonds is 3. The van der Waals surface area contributed by atoms with E-state index in [1.807, 2.05) is 47.4 Å². The Morgan fingerprint density at radius 3 is 2.54 bits per heavy atom. The van der Waals surface area contributed by atoms with Crippen LogP contribution in [0.15, 0.2) is 54.6 Å². The van der Waals surface area contributed by atoms with E-state index in [0.717, 1.165) is 36.9 Å². The maximum absolute atomic E-state index is 12.4. The minimum Gasteiger partial charge on any atom is -0.323 e. The molecule has 2 aromatic carbocycles. The summed E-state index contributed by atoms with van der Waals surface area (Å²) in [5.41, 5.74) is 2.12. The highest BCUT2D eigenvalue weighted by Crippen LogP contribution is 2.33. The molecule has 2 aromatic rings. The number of urea groups is 1. The van der Waals surface area contributed by atoms with Crippen molar-refractivity contribution in [2.45, 2.75) is 12.6 Å². The Morgan fingerprint density at radius 2 is 1.79 bits per heavy atom. The quantitative estimate of drug-likeness (QED) is 0.924. The summed E-state index contributed by atoms with van der Waals surface area (Å²) >= 11 is 5.94. The third-order valence-corrected chi connectivity index (χ3v) is 5.21. The van der Waals surface area contributed by atoms with E-state index < -0.39 is 0 Å². The van der Waals surface area contributed by atoms with Crippen molar-refractivity contribution in [1.82, 2.24) is 9.80 Å². The summed E-state index contributed by atoms with van der Waals surface area (Å²) in [6.07, 6.45) is 0. The average Bonchev–Trinajstić information content (AvgIpc) is 2.93. The molecule has 5 heteroatoms. The Labute approximate surface area is 147 Å². The minimum absolute atomic E-state index is 0.00189. The van der Waals surface area contributed by atoms with Crippen LogP contribution in [0, 0.1) is 5.92 Å². The fourth-order valence-corrected chi connectivity index (χ4v) is 3.77. The fraction of sp³-hybridized carbons (Fsp3) is 0.316. The van der Waals surface area contributed by atoms with Crippen molar-refractivity contribution < 1.29 is 4.79 Å². The lowest BCUT2D eigenvalue weighted by molar-refractivity contribution is 0.0435. The van der Waals surface area contributed by atoms with Gasteiger partial charge in [-0.1, -0.05) is 41.9 Å². The third-order valence-electron chi connectivity index (χ3n) is 4.96. The summed E-state index contributed by atoms with van der Waals surface area (Å²) in [4.78, 5) is 16.8. The Balaban J connectivity index is 1.33.